The molecule has 2 heterocycles. The normalized spacial score (nSPS) is 14.8. The molecule has 150 valence electrons. The van der Waals surface area contributed by atoms with Gasteiger partial charge in [0.15, 0.2) is 0 Å². The smallest absolute Gasteiger partial charge is 0.339 e. The third-order valence-corrected chi connectivity index (χ3v) is 5.35. The Morgan fingerprint density at radius 1 is 1.11 bits per heavy atom. The predicted molar refractivity (Wildman–Crippen MR) is 110 cm³/mol. The number of H-pyrrole nitrogens is 1. The van der Waals surface area contributed by atoms with Crippen LogP contribution < -0.4 is 10.2 Å². The molecule has 1 aliphatic heterocycles. The lowest BCUT2D eigenvalue weighted by molar-refractivity contribution is 0.0599. The number of nitrogens with one attached hydrogen (secondary N) is 2. The van der Waals surface area contributed by atoms with Gasteiger partial charge in [-0.3, -0.25) is 4.79 Å². The molecule has 0 bridgehead atoms. The summed E-state index contributed by atoms with van der Waals surface area (Å²) >= 11 is 0. The minimum atomic E-state index is -0.447. The van der Waals surface area contributed by atoms with Gasteiger partial charge in [0.05, 0.1) is 12.7 Å². The number of likely N-dealkylation sites (N-methyl/N-ethyl adjacent to an activating group) is 1. The first kappa shape index (κ1) is 19.9. The Kier molecular flexibility index (Phi) is 5.74. The molecule has 2 N–H and O–H groups in total. The van der Waals surface area contributed by atoms with E-state index in [2.05, 4.69) is 40.1 Å². The molecule has 28 heavy (non-hydrogen) atoms. The molecular weight excluding hydrogens is 356 g/mol. The zero-order chi connectivity index (χ0) is 20.4. The van der Waals surface area contributed by atoms with Crippen molar-refractivity contribution in [2.24, 2.45) is 0 Å². The van der Waals surface area contributed by atoms with Crippen LogP contribution in [0.5, 0.6) is 0 Å². The van der Waals surface area contributed by atoms with Crippen molar-refractivity contribution in [1.82, 2.24) is 9.88 Å². The van der Waals surface area contributed by atoms with Crippen molar-refractivity contribution in [2.75, 3.05) is 50.6 Å². The number of ether oxygens (including phenoxy) is 1. The molecule has 2 aromatic rings. The van der Waals surface area contributed by atoms with Gasteiger partial charge >= 0.3 is 5.97 Å². The number of nitrogens with zero attached hydrogens (tertiary/aromatic N) is 2. The molecule has 1 aromatic heterocycles. The molecule has 1 fully saturated rings. The summed E-state index contributed by atoms with van der Waals surface area (Å²) in [6, 6.07) is 5.96. The fourth-order valence-electron chi connectivity index (χ4n) is 3.71. The molecule has 7 heteroatoms. The van der Waals surface area contributed by atoms with Crippen LogP contribution in [0, 0.1) is 20.8 Å². The van der Waals surface area contributed by atoms with E-state index in [1.165, 1.54) is 12.8 Å². The fourth-order valence-corrected chi connectivity index (χ4v) is 3.71. The van der Waals surface area contributed by atoms with Crippen molar-refractivity contribution in [3.05, 3.63) is 46.3 Å². The van der Waals surface area contributed by atoms with Crippen molar-refractivity contribution in [3.63, 3.8) is 0 Å². The van der Waals surface area contributed by atoms with Crippen LogP contribution in [-0.4, -0.2) is 62.1 Å². The Morgan fingerprint density at radius 2 is 1.79 bits per heavy atom. The molecule has 1 aromatic carbocycles. The summed E-state index contributed by atoms with van der Waals surface area (Å²) in [7, 11) is 3.47. The third kappa shape index (κ3) is 3.89. The molecule has 1 saturated heterocycles. The molecular formula is C21H28N4O3. The average Bonchev–Trinajstić information content (AvgIpc) is 2.96. The topological polar surface area (TPSA) is 77.7 Å². The number of rotatable bonds is 4. The molecule has 1 amide bonds. The second-order valence-electron chi connectivity index (χ2n) is 7.36. The number of esters is 1. The van der Waals surface area contributed by atoms with Crippen LogP contribution in [0.4, 0.5) is 11.4 Å². The van der Waals surface area contributed by atoms with E-state index in [1.54, 1.807) is 13.8 Å². The van der Waals surface area contributed by atoms with Gasteiger partial charge in [-0.1, -0.05) is 0 Å². The maximum Gasteiger partial charge on any atom is 0.339 e. The van der Waals surface area contributed by atoms with Crippen molar-refractivity contribution >= 4 is 23.3 Å². The Hall–Kier alpha value is -2.80. The van der Waals surface area contributed by atoms with E-state index in [-0.39, 0.29) is 5.91 Å². The summed E-state index contributed by atoms with van der Waals surface area (Å²) < 4.78 is 4.80. The molecule has 3 rings (SSSR count). The highest BCUT2D eigenvalue weighted by Crippen LogP contribution is 2.26. The van der Waals surface area contributed by atoms with Crippen LogP contribution in [0.1, 0.15) is 37.7 Å². The highest BCUT2D eigenvalue weighted by molar-refractivity contribution is 6.07. The molecule has 0 saturated carbocycles. The standard InChI is InChI=1S/C21H28N4O3/c1-13-12-16(6-7-17(13)25-10-8-24(4)9-11-25)23-20(26)19-14(2)18(15(3)22-19)21(27)28-5/h6-7,12,22H,8-11H2,1-5H3,(H,23,26). The summed E-state index contributed by atoms with van der Waals surface area (Å²) in [4.78, 5) is 32.4. The van der Waals surface area contributed by atoms with Crippen molar-refractivity contribution in [2.45, 2.75) is 20.8 Å². The first-order valence-corrected chi connectivity index (χ1v) is 9.44. The number of aromatic amines is 1. The first-order valence-electron chi connectivity index (χ1n) is 9.44. The van der Waals surface area contributed by atoms with Gasteiger partial charge in [-0.2, -0.15) is 0 Å². The highest BCUT2D eigenvalue weighted by Gasteiger charge is 2.23. The number of carbonyl (C=O) groups excluding carboxylic acids is 2. The largest absolute Gasteiger partial charge is 0.465 e. The maximum atomic E-state index is 12.7. The molecule has 0 atom stereocenters. The summed E-state index contributed by atoms with van der Waals surface area (Å²) in [5, 5.41) is 2.93. The van der Waals surface area contributed by atoms with Gasteiger partial charge in [0.1, 0.15) is 5.69 Å². The lowest BCUT2D eigenvalue weighted by Crippen LogP contribution is -2.44. The SMILES string of the molecule is COC(=O)c1c(C)[nH]c(C(=O)Nc2ccc(N3CCN(C)CC3)c(C)c2)c1C. The number of aryl methyl sites for hydroxylation is 2. The number of benzene rings is 1. The van der Waals surface area contributed by atoms with Gasteiger partial charge in [-0.05, 0) is 57.1 Å². The van der Waals surface area contributed by atoms with Crippen molar-refractivity contribution < 1.29 is 14.3 Å². The fraction of sp³-hybridized carbons (Fsp3) is 0.429. The zero-order valence-corrected chi connectivity index (χ0v) is 17.2. The van der Waals surface area contributed by atoms with Crippen molar-refractivity contribution in [1.29, 1.82) is 0 Å². The van der Waals surface area contributed by atoms with Crippen LogP contribution in [0.3, 0.4) is 0 Å². The monoisotopic (exact) mass is 384 g/mol. The zero-order valence-electron chi connectivity index (χ0n) is 17.2. The Bertz CT molecular complexity index is 895. The lowest BCUT2D eigenvalue weighted by atomic mass is 10.1. The maximum absolute atomic E-state index is 12.7. The predicted octanol–water partition coefficient (Wildman–Crippen LogP) is 2.73. The third-order valence-electron chi connectivity index (χ3n) is 5.35. The Balaban J connectivity index is 1.76. The number of carbonyl (C=O) groups is 2. The second-order valence-corrected chi connectivity index (χ2v) is 7.36. The van der Waals surface area contributed by atoms with Crippen LogP contribution in [0.15, 0.2) is 18.2 Å². The number of piperazine rings is 1. The van der Waals surface area contributed by atoms with E-state index in [0.717, 1.165) is 37.4 Å². The Morgan fingerprint density at radius 3 is 2.39 bits per heavy atom. The minimum Gasteiger partial charge on any atom is -0.465 e. The quantitative estimate of drug-likeness (QED) is 0.793. The molecule has 0 unspecified atom stereocenters. The van der Waals surface area contributed by atoms with E-state index in [0.29, 0.717) is 22.5 Å². The number of methoxy groups -OCH3 is 1. The van der Waals surface area contributed by atoms with Crippen LogP contribution in [0.25, 0.3) is 0 Å². The minimum absolute atomic E-state index is 0.275. The van der Waals surface area contributed by atoms with Gasteiger partial charge in [0.25, 0.3) is 5.91 Å². The van der Waals surface area contributed by atoms with Gasteiger partial charge in [0.2, 0.25) is 0 Å². The lowest BCUT2D eigenvalue weighted by Gasteiger charge is -2.35. The second kappa shape index (κ2) is 8.06. The first-order chi connectivity index (χ1) is 13.3. The van der Waals surface area contributed by atoms with Gasteiger partial charge < -0.3 is 24.8 Å². The van der Waals surface area contributed by atoms with Crippen molar-refractivity contribution in [3.8, 4) is 0 Å². The van der Waals surface area contributed by atoms with Gasteiger partial charge in [-0.15, -0.1) is 0 Å². The molecule has 1 aliphatic rings. The van der Waals surface area contributed by atoms with Crippen LogP contribution in [-0.2, 0) is 4.74 Å². The van der Waals surface area contributed by atoms with Gasteiger partial charge in [-0.25, -0.2) is 4.79 Å². The summed E-state index contributed by atoms with van der Waals surface area (Å²) in [6.07, 6.45) is 0. The van der Waals surface area contributed by atoms with E-state index in [9.17, 15) is 9.59 Å². The summed E-state index contributed by atoms with van der Waals surface area (Å²) in [5.41, 5.74) is 5.05. The van der Waals surface area contributed by atoms with Crippen LogP contribution >= 0.6 is 0 Å². The highest BCUT2D eigenvalue weighted by atomic mass is 16.5. The Labute approximate surface area is 165 Å². The van der Waals surface area contributed by atoms with E-state index in [4.69, 9.17) is 4.74 Å². The number of aromatic nitrogens is 1. The van der Waals surface area contributed by atoms with Crippen LogP contribution in [0.2, 0.25) is 0 Å². The molecule has 0 radical (unpaired) electrons. The molecule has 0 spiro atoms. The van der Waals surface area contributed by atoms with E-state index in [1.807, 2.05) is 12.1 Å². The number of amides is 1. The summed E-state index contributed by atoms with van der Waals surface area (Å²) in [6.45, 7) is 9.65. The summed E-state index contributed by atoms with van der Waals surface area (Å²) in [5.74, 6) is -0.722. The van der Waals surface area contributed by atoms with E-state index >= 15 is 0 Å². The number of anilines is 2. The number of hydrogen-bond donors (Lipinski definition) is 2. The molecule has 7 nitrogen and oxygen atoms in total. The molecule has 0 aliphatic carbocycles. The average molecular weight is 384 g/mol. The number of hydrogen-bond acceptors (Lipinski definition) is 5. The van der Waals surface area contributed by atoms with Gasteiger partial charge in [0, 0.05) is 43.2 Å². The van der Waals surface area contributed by atoms with E-state index < -0.39 is 5.97 Å².